The van der Waals surface area contributed by atoms with Crippen LogP contribution in [0.25, 0.3) is 0 Å². The summed E-state index contributed by atoms with van der Waals surface area (Å²) in [6.07, 6.45) is 1.94. The topological polar surface area (TPSA) is 29.5 Å². The van der Waals surface area contributed by atoms with Crippen LogP contribution in [0.15, 0.2) is 12.3 Å². The van der Waals surface area contributed by atoms with Gasteiger partial charge in [0.2, 0.25) is 0 Å². The van der Waals surface area contributed by atoms with Crippen molar-refractivity contribution in [2.24, 2.45) is 0 Å². The molecular formula is C9H17NO2. The van der Waals surface area contributed by atoms with Gasteiger partial charge in [0.15, 0.2) is 0 Å². The first-order valence-electron chi connectivity index (χ1n) is 4.13. The maximum atomic E-state index is 11.1. The third-order valence-electron chi connectivity index (χ3n) is 1.51. The summed E-state index contributed by atoms with van der Waals surface area (Å²) >= 11 is 0. The smallest absolute Gasteiger partial charge is 0.353 e. The molecule has 0 fully saturated rings. The van der Waals surface area contributed by atoms with Crippen LogP contribution in [0.4, 0.5) is 0 Å². The van der Waals surface area contributed by atoms with Gasteiger partial charge in [-0.3, -0.25) is 0 Å². The fraction of sp³-hybridized carbons (Fsp3) is 0.667. The van der Waals surface area contributed by atoms with E-state index in [1.165, 1.54) is 0 Å². The highest BCUT2D eigenvalue weighted by molar-refractivity contribution is 5.86. The molecule has 0 bridgehead atoms. The van der Waals surface area contributed by atoms with Crippen molar-refractivity contribution >= 4 is 5.97 Å². The predicted octanol–water partition coefficient (Wildman–Crippen LogP) is 1.41. The fourth-order valence-electron chi connectivity index (χ4n) is 0.575. The molecule has 0 aliphatic carbocycles. The molecule has 0 saturated heterocycles. The summed E-state index contributed by atoms with van der Waals surface area (Å²) in [5.74, 6) is -0.326. The molecule has 3 heteroatoms. The Morgan fingerprint density at radius 2 is 2.08 bits per heavy atom. The number of esters is 1. The van der Waals surface area contributed by atoms with Crippen LogP contribution >= 0.6 is 0 Å². The molecule has 0 aromatic rings. The Morgan fingerprint density at radius 1 is 1.50 bits per heavy atom. The maximum Gasteiger partial charge on any atom is 0.353 e. The molecule has 0 aliphatic heterocycles. The Morgan fingerprint density at radius 3 is 2.50 bits per heavy atom. The number of nitrogens with zero attached hydrogens (tertiary/aromatic N) is 1. The van der Waals surface area contributed by atoms with Crippen LogP contribution in [0.2, 0.25) is 0 Å². The molecule has 0 saturated carbocycles. The van der Waals surface area contributed by atoms with Crippen molar-refractivity contribution in [3.8, 4) is 0 Å². The summed E-state index contributed by atoms with van der Waals surface area (Å²) < 4.78 is 4.93. The Bertz CT molecular complexity index is 164. The lowest BCUT2D eigenvalue weighted by Gasteiger charge is -2.13. The van der Waals surface area contributed by atoms with Crippen molar-refractivity contribution in [2.75, 3.05) is 20.7 Å². The number of unbranched alkanes of at least 4 members (excludes halogenated alkanes) is 1. The van der Waals surface area contributed by atoms with E-state index >= 15 is 0 Å². The molecule has 0 amide bonds. The van der Waals surface area contributed by atoms with Crippen molar-refractivity contribution in [2.45, 2.75) is 19.8 Å². The molecule has 0 rings (SSSR count). The van der Waals surface area contributed by atoms with E-state index in [9.17, 15) is 4.79 Å². The molecular weight excluding hydrogens is 154 g/mol. The molecule has 3 nitrogen and oxygen atoms in total. The summed E-state index contributed by atoms with van der Waals surface area (Å²) in [5.41, 5.74) is 0.395. The van der Waals surface area contributed by atoms with E-state index in [1.807, 2.05) is 0 Å². The summed E-state index contributed by atoms with van der Waals surface area (Å²) in [6.45, 7) is 6.12. The van der Waals surface area contributed by atoms with Crippen molar-refractivity contribution in [3.63, 3.8) is 0 Å². The van der Waals surface area contributed by atoms with Crippen LogP contribution < -0.4 is 0 Å². The average molecular weight is 171 g/mol. The Hall–Kier alpha value is -0.990. The SMILES string of the molecule is C=C(C(=O)OCCCC)N(C)C. The fourth-order valence-corrected chi connectivity index (χ4v) is 0.575. The summed E-state index contributed by atoms with van der Waals surface area (Å²) in [7, 11) is 3.53. The van der Waals surface area contributed by atoms with Crippen LogP contribution in [0.5, 0.6) is 0 Å². The number of hydrogen-bond donors (Lipinski definition) is 0. The largest absolute Gasteiger partial charge is 0.461 e. The Balaban J connectivity index is 3.65. The van der Waals surface area contributed by atoms with Gasteiger partial charge in [0.25, 0.3) is 0 Å². The molecule has 0 aromatic heterocycles. The predicted molar refractivity (Wildman–Crippen MR) is 48.7 cm³/mol. The van der Waals surface area contributed by atoms with E-state index in [0.717, 1.165) is 12.8 Å². The molecule has 0 heterocycles. The van der Waals surface area contributed by atoms with Crippen LogP contribution in [0, 0.1) is 0 Å². The van der Waals surface area contributed by atoms with Gasteiger partial charge in [-0.05, 0) is 6.42 Å². The van der Waals surface area contributed by atoms with Crippen molar-refractivity contribution in [1.82, 2.24) is 4.90 Å². The highest BCUT2D eigenvalue weighted by Crippen LogP contribution is 1.98. The number of carbonyl (C=O) groups excluding carboxylic acids is 1. The van der Waals surface area contributed by atoms with Gasteiger partial charge in [-0.25, -0.2) is 4.79 Å². The normalized spacial score (nSPS) is 9.25. The third kappa shape index (κ3) is 4.01. The van der Waals surface area contributed by atoms with Gasteiger partial charge >= 0.3 is 5.97 Å². The lowest BCUT2D eigenvalue weighted by molar-refractivity contribution is -0.140. The Labute approximate surface area is 74.0 Å². The molecule has 0 N–H and O–H groups in total. The molecule has 70 valence electrons. The molecule has 0 aliphatic rings. The van der Waals surface area contributed by atoms with E-state index in [0.29, 0.717) is 12.3 Å². The van der Waals surface area contributed by atoms with Gasteiger partial charge < -0.3 is 9.64 Å². The lowest BCUT2D eigenvalue weighted by Crippen LogP contribution is -2.20. The number of likely N-dealkylation sites (N-methyl/N-ethyl adjacent to an activating group) is 1. The zero-order chi connectivity index (χ0) is 9.56. The van der Waals surface area contributed by atoms with E-state index in [2.05, 4.69) is 13.5 Å². The first kappa shape index (κ1) is 11.0. The summed E-state index contributed by atoms with van der Waals surface area (Å²) in [4.78, 5) is 12.7. The van der Waals surface area contributed by atoms with Crippen molar-refractivity contribution < 1.29 is 9.53 Å². The third-order valence-corrected chi connectivity index (χ3v) is 1.51. The first-order valence-corrected chi connectivity index (χ1v) is 4.13. The van der Waals surface area contributed by atoms with Crippen LogP contribution in [-0.4, -0.2) is 31.6 Å². The second-order valence-corrected chi connectivity index (χ2v) is 2.83. The zero-order valence-electron chi connectivity index (χ0n) is 8.09. The monoisotopic (exact) mass is 171 g/mol. The van der Waals surface area contributed by atoms with Crippen LogP contribution in [-0.2, 0) is 9.53 Å². The van der Waals surface area contributed by atoms with E-state index in [1.54, 1.807) is 19.0 Å². The maximum absolute atomic E-state index is 11.1. The number of carbonyl (C=O) groups is 1. The van der Waals surface area contributed by atoms with Crippen molar-refractivity contribution in [3.05, 3.63) is 12.3 Å². The molecule has 0 unspecified atom stereocenters. The van der Waals surface area contributed by atoms with Gasteiger partial charge in [0, 0.05) is 14.1 Å². The number of hydrogen-bond acceptors (Lipinski definition) is 3. The van der Waals surface area contributed by atoms with Gasteiger partial charge in [-0.15, -0.1) is 0 Å². The van der Waals surface area contributed by atoms with Crippen LogP contribution in [0.3, 0.4) is 0 Å². The number of rotatable bonds is 5. The molecule has 0 radical (unpaired) electrons. The van der Waals surface area contributed by atoms with E-state index in [-0.39, 0.29) is 5.97 Å². The van der Waals surface area contributed by atoms with Crippen LogP contribution in [0.1, 0.15) is 19.8 Å². The average Bonchev–Trinajstić information content (AvgIpc) is 2.03. The standard InChI is InChI=1S/C9H17NO2/c1-5-6-7-12-9(11)8(2)10(3)4/h2,5-7H2,1,3-4H3. The zero-order valence-corrected chi connectivity index (χ0v) is 8.09. The Kier molecular flexibility index (Phi) is 5.17. The molecule has 0 spiro atoms. The second kappa shape index (κ2) is 5.63. The quantitative estimate of drug-likeness (QED) is 0.356. The minimum atomic E-state index is -0.326. The highest BCUT2D eigenvalue weighted by atomic mass is 16.5. The first-order chi connectivity index (χ1) is 5.59. The van der Waals surface area contributed by atoms with E-state index in [4.69, 9.17) is 4.74 Å². The minimum Gasteiger partial charge on any atom is -0.461 e. The highest BCUT2D eigenvalue weighted by Gasteiger charge is 2.08. The molecule has 0 atom stereocenters. The van der Waals surface area contributed by atoms with Crippen molar-refractivity contribution in [1.29, 1.82) is 0 Å². The minimum absolute atomic E-state index is 0.326. The van der Waals surface area contributed by atoms with Gasteiger partial charge in [0.05, 0.1) is 6.61 Å². The second-order valence-electron chi connectivity index (χ2n) is 2.83. The lowest BCUT2D eigenvalue weighted by atomic mass is 10.4. The van der Waals surface area contributed by atoms with Gasteiger partial charge in [-0.1, -0.05) is 19.9 Å². The molecule has 12 heavy (non-hydrogen) atoms. The molecule has 0 aromatic carbocycles. The summed E-state index contributed by atoms with van der Waals surface area (Å²) in [6, 6.07) is 0. The van der Waals surface area contributed by atoms with E-state index < -0.39 is 0 Å². The summed E-state index contributed by atoms with van der Waals surface area (Å²) in [5, 5.41) is 0. The number of ether oxygens (including phenoxy) is 1. The van der Waals surface area contributed by atoms with Gasteiger partial charge in [-0.2, -0.15) is 0 Å². The van der Waals surface area contributed by atoms with Gasteiger partial charge in [0.1, 0.15) is 5.70 Å².